The summed E-state index contributed by atoms with van der Waals surface area (Å²) in [5.41, 5.74) is 0. The van der Waals surface area contributed by atoms with Gasteiger partial charge in [-0.15, -0.1) is 11.8 Å². The molecule has 1 aromatic rings. The molecule has 2 heteroatoms. The van der Waals surface area contributed by atoms with Crippen molar-refractivity contribution in [3.8, 4) is 0 Å². The van der Waals surface area contributed by atoms with Gasteiger partial charge in [-0.2, -0.15) is 0 Å². The largest absolute Gasteiger partial charge is 0.126 e. The SMILES string of the molecule is CCCCCCCCCCCCCCCCCCSc1c[c]c(Cl)cc1. The zero-order valence-corrected chi connectivity index (χ0v) is 18.6. The van der Waals surface area contributed by atoms with E-state index in [0.29, 0.717) is 5.02 Å². The van der Waals surface area contributed by atoms with Crippen molar-refractivity contribution in [1.29, 1.82) is 0 Å². The van der Waals surface area contributed by atoms with Gasteiger partial charge in [0.1, 0.15) is 0 Å². The van der Waals surface area contributed by atoms with E-state index in [-0.39, 0.29) is 0 Å². The van der Waals surface area contributed by atoms with Crippen LogP contribution in [0.2, 0.25) is 5.02 Å². The van der Waals surface area contributed by atoms with Gasteiger partial charge in [-0.1, -0.05) is 115 Å². The fraction of sp³-hybridized carbons (Fsp3) is 0.750. The van der Waals surface area contributed by atoms with Gasteiger partial charge in [-0.05, 0) is 30.4 Å². The minimum atomic E-state index is 0.705. The number of unbranched alkanes of at least 4 members (excludes halogenated alkanes) is 15. The highest BCUT2D eigenvalue weighted by atomic mass is 35.5. The van der Waals surface area contributed by atoms with Gasteiger partial charge >= 0.3 is 0 Å². The molecule has 0 aliphatic rings. The molecular formula is C24H40ClS. The molecule has 0 aliphatic carbocycles. The minimum Gasteiger partial charge on any atom is -0.126 e. The maximum absolute atomic E-state index is 5.85. The third kappa shape index (κ3) is 15.0. The summed E-state index contributed by atoms with van der Waals surface area (Å²) in [6.45, 7) is 2.29. The zero-order valence-electron chi connectivity index (χ0n) is 17.0. The van der Waals surface area contributed by atoms with Crippen molar-refractivity contribution in [2.75, 3.05) is 5.75 Å². The van der Waals surface area contributed by atoms with Crippen molar-refractivity contribution in [1.82, 2.24) is 0 Å². The second-order valence-corrected chi connectivity index (χ2v) is 9.10. The molecule has 0 nitrogen and oxygen atoms in total. The predicted molar refractivity (Wildman–Crippen MR) is 121 cm³/mol. The van der Waals surface area contributed by atoms with Crippen molar-refractivity contribution in [2.45, 2.75) is 115 Å². The molecular weight excluding hydrogens is 356 g/mol. The molecule has 1 rings (SSSR count). The van der Waals surface area contributed by atoms with Crippen LogP contribution in [0.4, 0.5) is 0 Å². The summed E-state index contributed by atoms with van der Waals surface area (Å²) in [4.78, 5) is 1.29. The number of hydrogen-bond acceptors (Lipinski definition) is 1. The molecule has 1 aromatic carbocycles. The lowest BCUT2D eigenvalue weighted by molar-refractivity contribution is 0.531. The van der Waals surface area contributed by atoms with Gasteiger partial charge in [0, 0.05) is 16.0 Å². The Morgan fingerprint density at radius 1 is 0.692 bits per heavy atom. The maximum atomic E-state index is 5.85. The zero-order chi connectivity index (χ0) is 18.7. The average molecular weight is 396 g/mol. The van der Waals surface area contributed by atoms with Gasteiger partial charge in [0.25, 0.3) is 0 Å². The van der Waals surface area contributed by atoms with E-state index in [4.69, 9.17) is 11.6 Å². The molecule has 0 atom stereocenters. The predicted octanol–water partition coefficient (Wildman–Crippen LogP) is 9.49. The van der Waals surface area contributed by atoms with Crippen LogP contribution in [0.5, 0.6) is 0 Å². The van der Waals surface area contributed by atoms with Crippen molar-refractivity contribution in [3.63, 3.8) is 0 Å². The van der Waals surface area contributed by atoms with E-state index in [1.165, 1.54) is 113 Å². The molecule has 149 valence electrons. The lowest BCUT2D eigenvalue weighted by Gasteiger charge is -2.04. The Bertz CT molecular complexity index is 401. The summed E-state index contributed by atoms with van der Waals surface area (Å²) in [6, 6.07) is 9.07. The van der Waals surface area contributed by atoms with Gasteiger partial charge in [0.15, 0.2) is 0 Å². The summed E-state index contributed by atoms with van der Waals surface area (Å²) in [6.07, 6.45) is 22.9. The highest BCUT2D eigenvalue weighted by Gasteiger charge is 1.97. The lowest BCUT2D eigenvalue weighted by atomic mass is 10.0. The first kappa shape index (κ1) is 23.9. The summed E-state index contributed by atoms with van der Waals surface area (Å²) < 4.78 is 0. The van der Waals surface area contributed by atoms with E-state index in [1.54, 1.807) is 0 Å². The second-order valence-electron chi connectivity index (χ2n) is 7.52. The Kier molecular flexibility index (Phi) is 16.8. The average Bonchev–Trinajstić information content (AvgIpc) is 2.66. The summed E-state index contributed by atoms with van der Waals surface area (Å²) >= 11 is 7.78. The van der Waals surface area contributed by atoms with E-state index in [0.717, 1.165) is 0 Å². The number of hydrogen-bond donors (Lipinski definition) is 0. The molecule has 0 aromatic heterocycles. The first-order valence-corrected chi connectivity index (χ1v) is 12.5. The molecule has 0 unspecified atom stereocenters. The van der Waals surface area contributed by atoms with Crippen LogP contribution in [0.15, 0.2) is 23.1 Å². The Labute approximate surface area is 172 Å². The van der Waals surface area contributed by atoms with E-state index >= 15 is 0 Å². The van der Waals surface area contributed by atoms with Crippen LogP contribution in [-0.4, -0.2) is 5.75 Å². The topological polar surface area (TPSA) is 0 Å². The standard InChI is InChI=1S/C24H40ClS/c1-2-3-4-5-6-7-8-9-10-11-12-13-14-15-16-17-22-26-24-20-18-23(25)19-21-24/h18,20-21H,2-17,22H2,1H3. The third-order valence-corrected chi connectivity index (χ3v) is 6.33. The molecule has 0 bridgehead atoms. The Balaban J connectivity index is 1.72. The van der Waals surface area contributed by atoms with Crippen molar-refractivity contribution in [2.24, 2.45) is 0 Å². The van der Waals surface area contributed by atoms with Gasteiger partial charge in [0.05, 0.1) is 0 Å². The van der Waals surface area contributed by atoms with E-state index in [2.05, 4.69) is 19.1 Å². The molecule has 1 radical (unpaired) electrons. The maximum Gasteiger partial charge on any atom is 0.0485 e. The highest BCUT2D eigenvalue weighted by Crippen LogP contribution is 2.21. The molecule has 0 heterocycles. The van der Waals surface area contributed by atoms with Crippen LogP contribution < -0.4 is 0 Å². The summed E-state index contributed by atoms with van der Waals surface area (Å²) in [5.74, 6) is 1.22. The second kappa shape index (κ2) is 18.2. The number of halogens is 1. The molecule has 0 amide bonds. The number of rotatable bonds is 18. The molecule has 0 fully saturated rings. The Morgan fingerprint density at radius 3 is 1.58 bits per heavy atom. The highest BCUT2D eigenvalue weighted by molar-refractivity contribution is 7.99. The fourth-order valence-electron chi connectivity index (χ4n) is 3.32. The lowest BCUT2D eigenvalue weighted by Crippen LogP contribution is -1.85. The molecule has 0 aliphatic heterocycles. The molecule has 0 saturated carbocycles. The van der Waals surface area contributed by atoms with Gasteiger partial charge in [-0.3, -0.25) is 0 Å². The van der Waals surface area contributed by atoms with E-state index < -0.39 is 0 Å². The first-order chi connectivity index (χ1) is 12.8. The minimum absolute atomic E-state index is 0.705. The van der Waals surface area contributed by atoms with Crippen LogP contribution in [0.3, 0.4) is 0 Å². The van der Waals surface area contributed by atoms with E-state index in [1.807, 2.05) is 23.9 Å². The normalized spacial score (nSPS) is 11.2. The third-order valence-electron chi connectivity index (χ3n) is 5.01. The van der Waals surface area contributed by atoms with E-state index in [9.17, 15) is 0 Å². The fourth-order valence-corrected chi connectivity index (χ4v) is 4.33. The van der Waals surface area contributed by atoms with Gasteiger partial charge < -0.3 is 0 Å². The summed E-state index contributed by atoms with van der Waals surface area (Å²) in [7, 11) is 0. The Hall–Kier alpha value is -0.140. The summed E-state index contributed by atoms with van der Waals surface area (Å²) in [5, 5.41) is 0.705. The Morgan fingerprint density at radius 2 is 1.15 bits per heavy atom. The van der Waals surface area contributed by atoms with Crippen LogP contribution in [-0.2, 0) is 0 Å². The monoisotopic (exact) mass is 395 g/mol. The van der Waals surface area contributed by atoms with Crippen LogP contribution in [0.25, 0.3) is 0 Å². The molecule has 0 N–H and O–H groups in total. The van der Waals surface area contributed by atoms with Crippen LogP contribution in [0.1, 0.15) is 110 Å². The van der Waals surface area contributed by atoms with Gasteiger partial charge in [-0.25, -0.2) is 0 Å². The number of thioether (sulfide) groups is 1. The first-order valence-electron chi connectivity index (χ1n) is 11.1. The van der Waals surface area contributed by atoms with Crippen LogP contribution in [0, 0.1) is 6.07 Å². The van der Waals surface area contributed by atoms with Crippen LogP contribution >= 0.6 is 23.4 Å². The molecule has 0 spiro atoms. The number of benzene rings is 1. The molecule has 0 saturated heterocycles. The smallest absolute Gasteiger partial charge is 0.0485 e. The quantitative estimate of drug-likeness (QED) is 0.176. The molecule has 26 heavy (non-hydrogen) atoms. The van der Waals surface area contributed by atoms with Gasteiger partial charge in [0.2, 0.25) is 0 Å². The van der Waals surface area contributed by atoms with Crippen molar-refractivity contribution >= 4 is 23.4 Å². The van der Waals surface area contributed by atoms with Crippen molar-refractivity contribution in [3.05, 3.63) is 29.3 Å². The van der Waals surface area contributed by atoms with Crippen molar-refractivity contribution < 1.29 is 0 Å².